The van der Waals surface area contributed by atoms with Gasteiger partial charge in [-0.15, -0.1) is 0 Å². The molecule has 1 aliphatic rings. The predicted octanol–water partition coefficient (Wildman–Crippen LogP) is 7.90. The average molecular weight is 445 g/mol. The summed E-state index contributed by atoms with van der Waals surface area (Å²) in [5.41, 5.74) is 2.49. The summed E-state index contributed by atoms with van der Waals surface area (Å²) in [4.78, 5) is 25.0. The molecular formula is C28H44O4. The van der Waals surface area contributed by atoms with E-state index < -0.39 is 11.9 Å². The molecule has 4 nitrogen and oxygen atoms in total. The van der Waals surface area contributed by atoms with Crippen molar-refractivity contribution in [3.05, 3.63) is 34.4 Å². The Bertz CT molecular complexity index is 706. The van der Waals surface area contributed by atoms with Gasteiger partial charge in [0.25, 0.3) is 0 Å². The van der Waals surface area contributed by atoms with Gasteiger partial charge in [0.2, 0.25) is 0 Å². The van der Waals surface area contributed by atoms with Crippen LogP contribution >= 0.6 is 0 Å². The first-order valence-electron chi connectivity index (χ1n) is 13.2. The van der Waals surface area contributed by atoms with E-state index in [1.54, 1.807) is 6.07 Å². The van der Waals surface area contributed by atoms with Gasteiger partial charge in [0.1, 0.15) is 6.10 Å². The Labute approximate surface area is 195 Å². The Morgan fingerprint density at radius 2 is 1.41 bits per heavy atom. The third kappa shape index (κ3) is 8.60. The van der Waals surface area contributed by atoms with Gasteiger partial charge in [0.15, 0.2) is 0 Å². The topological polar surface area (TPSA) is 63.6 Å². The first-order valence-corrected chi connectivity index (χ1v) is 13.2. The van der Waals surface area contributed by atoms with Crippen LogP contribution in [-0.4, -0.2) is 23.1 Å². The SMILES string of the molecule is CCCCCCCCc1ccc(C(=O)O)c(C(=O)OC2CCC2)c1CCCCCCCC. The molecule has 0 radical (unpaired) electrons. The van der Waals surface area contributed by atoms with Gasteiger partial charge >= 0.3 is 11.9 Å². The number of rotatable bonds is 17. The second-order valence-electron chi connectivity index (χ2n) is 9.42. The van der Waals surface area contributed by atoms with E-state index in [1.165, 1.54) is 57.8 Å². The number of aromatic carboxylic acids is 1. The summed E-state index contributed by atoms with van der Waals surface area (Å²) in [7, 11) is 0. The number of carboxylic acids is 1. The van der Waals surface area contributed by atoms with Crippen LogP contribution in [0.15, 0.2) is 12.1 Å². The summed E-state index contributed by atoms with van der Waals surface area (Å²) in [5.74, 6) is -1.47. The molecule has 0 spiro atoms. The fourth-order valence-corrected chi connectivity index (χ4v) is 4.50. The van der Waals surface area contributed by atoms with E-state index in [0.717, 1.165) is 62.5 Å². The van der Waals surface area contributed by atoms with Gasteiger partial charge in [0.05, 0.1) is 11.1 Å². The van der Waals surface area contributed by atoms with Crippen molar-refractivity contribution >= 4 is 11.9 Å². The van der Waals surface area contributed by atoms with Crippen LogP contribution in [0.2, 0.25) is 0 Å². The summed E-state index contributed by atoms with van der Waals surface area (Å²) < 4.78 is 5.69. The van der Waals surface area contributed by atoms with Crippen LogP contribution in [-0.2, 0) is 17.6 Å². The minimum absolute atomic E-state index is 0.0479. The Morgan fingerprint density at radius 3 is 1.94 bits per heavy atom. The summed E-state index contributed by atoms with van der Waals surface area (Å²) in [6, 6.07) is 3.57. The number of benzene rings is 1. The molecule has 0 amide bonds. The zero-order valence-electron chi connectivity index (χ0n) is 20.4. The molecule has 0 saturated heterocycles. The summed E-state index contributed by atoms with van der Waals surface area (Å²) in [6.07, 6.45) is 18.8. The van der Waals surface area contributed by atoms with Gasteiger partial charge in [-0.25, -0.2) is 9.59 Å². The molecule has 32 heavy (non-hydrogen) atoms. The lowest BCUT2D eigenvalue weighted by Gasteiger charge is -2.26. The van der Waals surface area contributed by atoms with Gasteiger partial charge in [-0.3, -0.25) is 0 Å². The number of esters is 1. The number of unbranched alkanes of at least 4 members (excludes halogenated alkanes) is 10. The molecule has 0 heterocycles. The Kier molecular flexibility index (Phi) is 12.4. The first-order chi connectivity index (χ1) is 15.6. The quantitative estimate of drug-likeness (QED) is 0.196. The summed E-state index contributed by atoms with van der Waals surface area (Å²) in [6.45, 7) is 4.44. The highest BCUT2D eigenvalue weighted by molar-refractivity contribution is 6.04. The second-order valence-corrected chi connectivity index (χ2v) is 9.42. The lowest BCUT2D eigenvalue weighted by molar-refractivity contribution is 0.00852. The van der Waals surface area contributed by atoms with E-state index in [4.69, 9.17) is 4.74 Å². The highest BCUT2D eigenvalue weighted by Gasteiger charge is 2.28. The number of carbonyl (C=O) groups excluding carboxylic acids is 1. The Hall–Kier alpha value is -1.84. The molecule has 1 aromatic carbocycles. The Morgan fingerprint density at radius 1 is 0.844 bits per heavy atom. The minimum Gasteiger partial charge on any atom is -0.478 e. The normalized spacial score (nSPS) is 13.7. The highest BCUT2D eigenvalue weighted by Crippen LogP contribution is 2.29. The van der Waals surface area contributed by atoms with Crippen LogP contribution in [0.3, 0.4) is 0 Å². The summed E-state index contributed by atoms with van der Waals surface area (Å²) >= 11 is 0. The summed E-state index contributed by atoms with van der Waals surface area (Å²) in [5, 5.41) is 9.79. The number of carboxylic acid groups (broad SMARTS) is 1. The number of ether oxygens (including phenoxy) is 1. The van der Waals surface area contributed by atoms with Gasteiger partial charge in [0, 0.05) is 0 Å². The van der Waals surface area contributed by atoms with Crippen molar-refractivity contribution in [1.82, 2.24) is 0 Å². The van der Waals surface area contributed by atoms with E-state index in [0.29, 0.717) is 5.56 Å². The van der Waals surface area contributed by atoms with Crippen LogP contribution < -0.4 is 0 Å². The molecule has 1 N–H and O–H groups in total. The molecular weight excluding hydrogens is 400 g/mol. The average Bonchev–Trinajstić information content (AvgIpc) is 2.75. The molecule has 1 aromatic rings. The second kappa shape index (κ2) is 15.1. The van der Waals surface area contributed by atoms with Gasteiger partial charge < -0.3 is 9.84 Å². The van der Waals surface area contributed by atoms with Crippen molar-refractivity contribution in [3.8, 4) is 0 Å². The van der Waals surface area contributed by atoms with Gasteiger partial charge in [-0.2, -0.15) is 0 Å². The van der Waals surface area contributed by atoms with Crippen molar-refractivity contribution in [2.24, 2.45) is 0 Å². The maximum Gasteiger partial charge on any atom is 0.339 e. The molecule has 4 heteroatoms. The van der Waals surface area contributed by atoms with Crippen LogP contribution in [0.4, 0.5) is 0 Å². The van der Waals surface area contributed by atoms with E-state index >= 15 is 0 Å². The maximum absolute atomic E-state index is 13.1. The third-order valence-electron chi connectivity index (χ3n) is 6.75. The molecule has 180 valence electrons. The van der Waals surface area contributed by atoms with E-state index in [1.807, 2.05) is 6.07 Å². The molecule has 0 aromatic heterocycles. The molecule has 2 rings (SSSR count). The van der Waals surface area contributed by atoms with Crippen LogP contribution in [0, 0.1) is 0 Å². The number of aryl methyl sites for hydroxylation is 1. The number of hydrogen-bond acceptors (Lipinski definition) is 3. The van der Waals surface area contributed by atoms with E-state index in [2.05, 4.69) is 13.8 Å². The van der Waals surface area contributed by atoms with Crippen LogP contribution in [0.25, 0.3) is 0 Å². The van der Waals surface area contributed by atoms with Crippen LogP contribution in [0.1, 0.15) is 142 Å². The lowest BCUT2D eigenvalue weighted by atomic mass is 9.89. The molecule has 1 saturated carbocycles. The molecule has 0 bridgehead atoms. The van der Waals surface area contributed by atoms with Gasteiger partial charge in [-0.1, -0.05) is 84.1 Å². The van der Waals surface area contributed by atoms with Crippen molar-refractivity contribution in [1.29, 1.82) is 0 Å². The third-order valence-corrected chi connectivity index (χ3v) is 6.75. The molecule has 0 aliphatic heterocycles. The smallest absolute Gasteiger partial charge is 0.339 e. The first kappa shape index (κ1) is 26.4. The minimum atomic E-state index is -1.04. The van der Waals surface area contributed by atoms with Gasteiger partial charge in [-0.05, 0) is 62.1 Å². The Balaban J connectivity index is 2.16. The molecule has 0 atom stereocenters. The maximum atomic E-state index is 13.1. The standard InChI is InChI=1S/C28H44O4/c1-3-5-7-9-11-13-16-22-20-21-25(27(29)30)26(28(31)32-23-17-15-18-23)24(22)19-14-12-10-8-6-4-2/h20-21,23H,3-19H2,1-2H3,(H,29,30). The molecule has 1 fully saturated rings. The zero-order chi connectivity index (χ0) is 23.2. The monoisotopic (exact) mass is 444 g/mol. The van der Waals surface area contributed by atoms with Crippen molar-refractivity contribution in [2.45, 2.75) is 129 Å². The van der Waals surface area contributed by atoms with Crippen molar-refractivity contribution < 1.29 is 19.4 Å². The van der Waals surface area contributed by atoms with Crippen molar-refractivity contribution in [3.63, 3.8) is 0 Å². The predicted molar refractivity (Wildman–Crippen MR) is 131 cm³/mol. The largest absolute Gasteiger partial charge is 0.478 e. The fraction of sp³-hybridized carbons (Fsp3) is 0.714. The van der Waals surface area contributed by atoms with Crippen molar-refractivity contribution in [2.75, 3.05) is 0 Å². The lowest BCUT2D eigenvalue weighted by Crippen LogP contribution is -2.27. The molecule has 0 unspecified atom stereocenters. The van der Waals surface area contributed by atoms with E-state index in [9.17, 15) is 14.7 Å². The molecule has 1 aliphatic carbocycles. The highest BCUT2D eigenvalue weighted by atomic mass is 16.5. The number of hydrogen-bond donors (Lipinski definition) is 1. The van der Waals surface area contributed by atoms with Crippen LogP contribution in [0.5, 0.6) is 0 Å². The number of carbonyl (C=O) groups is 2. The zero-order valence-corrected chi connectivity index (χ0v) is 20.4. The fourth-order valence-electron chi connectivity index (χ4n) is 4.50. The van der Waals surface area contributed by atoms with E-state index in [-0.39, 0.29) is 11.7 Å².